The summed E-state index contributed by atoms with van der Waals surface area (Å²) >= 11 is 0. The lowest BCUT2D eigenvalue weighted by atomic mass is 9.97. The first-order chi connectivity index (χ1) is 15.2. The van der Waals surface area contributed by atoms with Gasteiger partial charge in [-0.15, -0.1) is 0 Å². The summed E-state index contributed by atoms with van der Waals surface area (Å²) in [5.41, 5.74) is -4.20. The third-order valence-corrected chi connectivity index (χ3v) is 6.03. The fourth-order valence-electron chi connectivity index (χ4n) is 4.31. The first kappa shape index (κ1) is 21.4. The third kappa shape index (κ3) is 2.86. The molecule has 0 saturated heterocycles. The summed E-state index contributed by atoms with van der Waals surface area (Å²) < 4.78 is 36.1. The summed E-state index contributed by atoms with van der Waals surface area (Å²) in [6.07, 6.45) is 1.56. The molecule has 1 fully saturated rings. The smallest absolute Gasteiger partial charge is 0.341 e. The van der Waals surface area contributed by atoms with Crippen molar-refractivity contribution in [2.45, 2.75) is 31.7 Å². The Kier molecular flexibility index (Phi) is 4.95. The van der Waals surface area contributed by atoms with E-state index in [-0.39, 0.29) is 11.2 Å². The van der Waals surface area contributed by atoms with Crippen molar-refractivity contribution in [3.63, 3.8) is 0 Å². The number of halogens is 2. The summed E-state index contributed by atoms with van der Waals surface area (Å²) in [5.74, 6) is -5.81. The number of nitro groups is 1. The van der Waals surface area contributed by atoms with Gasteiger partial charge in [0.2, 0.25) is 17.1 Å². The minimum absolute atomic E-state index is 0.0337. The fraction of sp³-hybridized carbons (Fsp3) is 0.273. The second-order valence-corrected chi connectivity index (χ2v) is 7.63. The van der Waals surface area contributed by atoms with Crippen LogP contribution in [0.3, 0.4) is 0 Å². The molecule has 0 atom stereocenters. The van der Waals surface area contributed by atoms with E-state index >= 15 is 0 Å². The molecular formula is C22H18F2N2O6. The maximum Gasteiger partial charge on any atom is 0.341 e. The van der Waals surface area contributed by atoms with Crippen molar-refractivity contribution < 1.29 is 28.3 Å². The van der Waals surface area contributed by atoms with Gasteiger partial charge in [-0.2, -0.15) is 8.78 Å². The quantitative estimate of drug-likeness (QED) is 0.444. The maximum absolute atomic E-state index is 14.9. The number of carboxylic acids is 1. The number of nitro benzene ring substituents is 1. The van der Waals surface area contributed by atoms with Crippen molar-refractivity contribution >= 4 is 22.6 Å². The summed E-state index contributed by atoms with van der Waals surface area (Å²) in [5, 5.41) is 20.8. The van der Waals surface area contributed by atoms with Crippen LogP contribution in [0, 0.1) is 21.7 Å². The molecule has 166 valence electrons. The van der Waals surface area contributed by atoms with Gasteiger partial charge < -0.3 is 14.4 Å². The van der Waals surface area contributed by atoms with E-state index in [4.69, 9.17) is 4.74 Å². The first-order valence-electron chi connectivity index (χ1n) is 9.81. The molecule has 32 heavy (non-hydrogen) atoms. The number of hydrogen-bond donors (Lipinski definition) is 1. The van der Waals surface area contributed by atoms with Crippen LogP contribution in [-0.2, 0) is 5.54 Å². The number of rotatable bonds is 6. The van der Waals surface area contributed by atoms with Crippen molar-refractivity contribution in [3.05, 3.63) is 67.9 Å². The number of hydrogen-bond acceptors (Lipinski definition) is 5. The Hall–Kier alpha value is -3.82. The second kappa shape index (κ2) is 7.40. The van der Waals surface area contributed by atoms with Gasteiger partial charge in [-0.25, -0.2) is 4.79 Å². The highest BCUT2D eigenvalue weighted by Gasteiger charge is 2.48. The molecular weight excluding hydrogens is 426 g/mol. The summed E-state index contributed by atoms with van der Waals surface area (Å²) in [6.45, 7) is 1.83. The van der Waals surface area contributed by atoms with E-state index in [2.05, 4.69) is 0 Å². The number of fused-ring (bicyclic) bond motifs is 1. The predicted molar refractivity (Wildman–Crippen MR) is 111 cm³/mol. The second-order valence-electron chi connectivity index (χ2n) is 7.63. The molecule has 1 aromatic heterocycles. The highest BCUT2D eigenvalue weighted by atomic mass is 19.2. The average Bonchev–Trinajstić information content (AvgIpc) is 3.56. The number of benzene rings is 2. The Labute approximate surface area is 179 Å². The lowest BCUT2D eigenvalue weighted by Crippen LogP contribution is -2.29. The van der Waals surface area contributed by atoms with Gasteiger partial charge in [0.1, 0.15) is 16.5 Å². The Balaban J connectivity index is 2.43. The third-order valence-electron chi connectivity index (χ3n) is 6.03. The number of aromatic carboxylic acids is 1. The molecule has 1 aliphatic rings. The Morgan fingerprint density at radius 3 is 2.34 bits per heavy atom. The molecule has 4 rings (SSSR count). The maximum atomic E-state index is 14.9. The van der Waals surface area contributed by atoms with E-state index in [1.165, 1.54) is 4.57 Å². The summed E-state index contributed by atoms with van der Waals surface area (Å²) in [6, 6.07) is 8.12. The van der Waals surface area contributed by atoms with Gasteiger partial charge in [-0.05, 0) is 24.8 Å². The number of nitrogens with zero attached hydrogens (tertiary/aromatic N) is 2. The molecule has 2 aromatic carbocycles. The molecule has 8 nitrogen and oxygen atoms in total. The fourth-order valence-corrected chi connectivity index (χ4v) is 4.31. The molecule has 0 spiro atoms. The van der Waals surface area contributed by atoms with Gasteiger partial charge in [0, 0.05) is 5.54 Å². The van der Waals surface area contributed by atoms with Gasteiger partial charge in [0.15, 0.2) is 5.75 Å². The van der Waals surface area contributed by atoms with Crippen LogP contribution in [0.4, 0.5) is 14.5 Å². The number of pyridine rings is 1. The van der Waals surface area contributed by atoms with Crippen molar-refractivity contribution in [2.24, 2.45) is 0 Å². The van der Waals surface area contributed by atoms with E-state index in [1.807, 2.05) is 6.92 Å². The van der Waals surface area contributed by atoms with Gasteiger partial charge in [-0.3, -0.25) is 14.9 Å². The monoisotopic (exact) mass is 444 g/mol. The molecule has 0 bridgehead atoms. The molecule has 3 aromatic rings. The minimum Gasteiger partial charge on any atom is -0.491 e. The standard InChI is InChI=1S/C22H18F2N2O6/c1-3-22(9-10-22)25-16(11-7-5-4-6-8-11)13(21(28)29)19(27)12-17(26(30)31)14(23)15(24)20(32-2)18(12)25/h4-8H,3,9-10H2,1-2H3,(H,28,29). The Morgan fingerprint density at radius 1 is 1.25 bits per heavy atom. The van der Waals surface area contributed by atoms with Gasteiger partial charge in [0.25, 0.3) is 0 Å². The van der Waals surface area contributed by atoms with Crippen molar-refractivity contribution in [2.75, 3.05) is 7.11 Å². The number of methoxy groups -OCH3 is 1. The van der Waals surface area contributed by atoms with E-state index in [1.54, 1.807) is 30.3 Å². The van der Waals surface area contributed by atoms with Crippen molar-refractivity contribution in [1.82, 2.24) is 4.57 Å². The van der Waals surface area contributed by atoms with Crippen LogP contribution in [0.25, 0.3) is 22.2 Å². The van der Waals surface area contributed by atoms with E-state index < -0.39 is 55.9 Å². The van der Waals surface area contributed by atoms with E-state index in [0.717, 1.165) is 7.11 Å². The molecule has 0 unspecified atom stereocenters. The van der Waals surface area contributed by atoms with Crippen molar-refractivity contribution in [1.29, 1.82) is 0 Å². The van der Waals surface area contributed by atoms with Gasteiger partial charge in [-0.1, -0.05) is 37.3 Å². The van der Waals surface area contributed by atoms with Crippen LogP contribution in [-0.4, -0.2) is 27.7 Å². The van der Waals surface area contributed by atoms with Crippen molar-refractivity contribution in [3.8, 4) is 17.0 Å². The predicted octanol–water partition coefficient (Wildman–Crippen LogP) is 4.46. The lowest BCUT2D eigenvalue weighted by molar-refractivity contribution is -0.386. The highest BCUT2D eigenvalue weighted by molar-refractivity contribution is 6.04. The number of carboxylic acid groups (broad SMARTS) is 1. The van der Waals surface area contributed by atoms with Crippen LogP contribution < -0.4 is 10.2 Å². The molecule has 1 N–H and O–H groups in total. The number of ether oxygens (including phenoxy) is 1. The normalized spacial score (nSPS) is 14.4. The number of aromatic nitrogens is 1. The first-order valence-corrected chi connectivity index (χ1v) is 9.81. The highest BCUT2D eigenvalue weighted by Crippen LogP contribution is 2.52. The zero-order valence-corrected chi connectivity index (χ0v) is 17.1. The zero-order valence-electron chi connectivity index (χ0n) is 17.1. The molecule has 0 amide bonds. The molecule has 1 aliphatic carbocycles. The average molecular weight is 444 g/mol. The van der Waals surface area contributed by atoms with Gasteiger partial charge in [0.05, 0.1) is 17.7 Å². The largest absolute Gasteiger partial charge is 0.491 e. The Morgan fingerprint density at radius 2 is 1.88 bits per heavy atom. The topological polar surface area (TPSA) is 112 Å². The Bertz CT molecular complexity index is 1350. The zero-order chi connectivity index (χ0) is 23.4. The van der Waals surface area contributed by atoms with E-state index in [0.29, 0.717) is 24.8 Å². The van der Waals surface area contributed by atoms with E-state index in [9.17, 15) is 33.6 Å². The minimum atomic E-state index is -1.88. The molecule has 10 heteroatoms. The van der Waals surface area contributed by atoms with Gasteiger partial charge >= 0.3 is 11.7 Å². The number of carbonyl (C=O) groups is 1. The molecule has 0 aliphatic heterocycles. The molecule has 1 heterocycles. The van der Waals surface area contributed by atoms with Crippen LogP contribution in [0.2, 0.25) is 0 Å². The lowest BCUT2D eigenvalue weighted by Gasteiger charge is -2.27. The molecule has 1 saturated carbocycles. The van der Waals surface area contributed by atoms with Crippen LogP contribution >= 0.6 is 0 Å². The van der Waals surface area contributed by atoms with Crippen LogP contribution in [0.5, 0.6) is 5.75 Å². The summed E-state index contributed by atoms with van der Waals surface area (Å²) in [7, 11) is 1.05. The SMILES string of the molecule is CCC1(n2c(-c3ccccc3)c(C(=O)O)c(=O)c3c([N+](=O)[O-])c(F)c(F)c(OC)c32)CC1. The summed E-state index contributed by atoms with van der Waals surface area (Å²) in [4.78, 5) is 36.1. The molecule has 0 radical (unpaired) electrons. The van der Waals surface area contributed by atoms with Crippen LogP contribution in [0.1, 0.15) is 36.5 Å². The van der Waals surface area contributed by atoms with Crippen LogP contribution in [0.15, 0.2) is 35.1 Å².